The first kappa shape index (κ1) is 9.01. The average Bonchev–Trinajstić information content (AvgIpc) is 2.41. The zero-order valence-electron chi connectivity index (χ0n) is 8.08. The highest BCUT2D eigenvalue weighted by molar-refractivity contribution is 5.51. The van der Waals surface area contributed by atoms with Crippen molar-refractivity contribution < 1.29 is 0 Å². The van der Waals surface area contributed by atoms with Gasteiger partial charge in [-0.15, -0.1) is 0 Å². The van der Waals surface area contributed by atoms with E-state index in [4.69, 9.17) is 11.0 Å². The van der Waals surface area contributed by atoms with Gasteiger partial charge in [-0.05, 0) is 37.3 Å². The van der Waals surface area contributed by atoms with E-state index < -0.39 is 0 Å². The van der Waals surface area contributed by atoms with Gasteiger partial charge in [0.05, 0.1) is 5.56 Å². The maximum atomic E-state index is 8.82. The van der Waals surface area contributed by atoms with Crippen LogP contribution in [0.1, 0.15) is 36.1 Å². The molecule has 0 atom stereocenters. The summed E-state index contributed by atoms with van der Waals surface area (Å²) in [6, 6.07) is 3.98. The summed E-state index contributed by atoms with van der Waals surface area (Å²) in [5.41, 5.74) is 8.50. The smallest absolute Gasteiger partial charge is 0.141 e. The Kier molecular flexibility index (Phi) is 2.36. The number of hydrogen-bond donors (Lipinski definition) is 1. The molecule has 0 aromatic carbocycles. The van der Waals surface area contributed by atoms with Gasteiger partial charge in [0.15, 0.2) is 0 Å². The van der Waals surface area contributed by atoms with Gasteiger partial charge in [-0.1, -0.05) is 6.42 Å². The summed E-state index contributed by atoms with van der Waals surface area (Å²) >= 11 is 0. The van der Waals surface area contributed by atoms with E-state index in [1.54, 1.807) is 0 Å². The molecule has 0 aliphatic heterocycles. The zero-order valence-corrected chi connectivity index (χ0v) is 8.08. The largest absolute Gasteiger partial charge is 0.383 e. The second-order valence-corrected chi connectivity index (χ2v) is 3.70. The summed E-state index contributed by atoms with van der Waals surface area (Å²) in [5, 5.41) is 8.82. The molecule has 72 valence electrons. The Morgan fingerprint density at radius 2 is 2.07 bits per heavy atom. The third-order valence-electron chi connectivity index (χ3n) is 2.70. The van der Waals surface area contributed by atoms with Crippen LogP contribution >= 0.6 is 0 Å². The summed E-state index contributed by atoms with van der Waals surface area (Å²) in [4.78, 5) is 4.30. The van der Waals surface area contributed by atoms with E-state index in [1.807, 2.05) is 6.07 Å². The van der Waals surface area contributed by atoms with E-state index in [9.17, 15) is 0 Å². The highest BCUT2D eigenvalue weighted by atomic mass is 14.8. The van der Waals surface area contributed by atoms with E-state index in [1.165, 1.54) is 24.8 Å². The molecule has 0 unspecified atom stereocenters. The number of nitriles is 1. The van der Waals surface area contributed by atoms with Gasteiger partial charge in [-0.2, -0.15) is 5.26 Å². The lowest BCUT2D eigenvalue weighted by Crippen LogP contribution is -2.02. The number of hydrogen-bond acceptors (Lipinski definition) is 3. The number of fused-ring (bicyclic) bond motifs is 1. The monoisotopic (exact) mass is 187 g/mol. The summed E-state index contributed by atoms with van der Waals surface area (Å²) in [6.07, 6.45) is 5.68. The number of nitrogens with two attached hydrogens (primary N) is 1. The van der Waals surface area contributed by atoms with E-state index in [0.717, 1.165) is 18.5 Å². The normalized spacial score (nSPS) is 15.4. The first-order valence-electron chi connectivity index (χ1n) is 4.99. The molecule has 0 saturated carbocycles. The van der Waals surface area contributed by atoms with Crippen molar-refractivity contribution in [2.45, 2.75) is 32.1 Å². The highest BCUT2D eigenvalue weighted by Crippen LogP contribution is 2.22. The molecule has 1 aliphatic rings. The Hall–Kier alpha value is -1.56. The number of aryl methyl sites for hydroxylation is 2. The maximum absolute atomic E-state index is 8.82. The molecular formula is C11H13N3. The predicted octanol–water partition coefficient (Wildman–Crippen LogP) is 1.80. The minimum absolute atomic E-state index is 0.383. The van der Waals surface area contributed by atoms with Crippen molar-refractivity contribution in [2.24, 2.45) is 0 Å². The van der Waals surface area contributed by atoms with E-state index in [-0.39, 0.29) is 0 Å². The van der Waals surface area contributed by atoms with E-state index in [2.05, 4.69) is 11.1 Å². The topological polar surface area (TPSA) is 62.7 Å². The van der Waals surface area contributed by atoms with Gasteiger partial charge in [0.25, 0.3) is 0 Å². The standard InChI is InChI=1S/C11H13N3/c12-7-9-6-8-4-2-1-3-5-10(8)14-11(9)13/h6H,1-5H2,(H2,13,14). The first-order valence-corrected chi connectivity index (χ1v) is 4.99. The lowest BCUT2D eigenvalue weighted by Gasteiger charge is -2.06. The van der Waals surface area contributed by atoms with Crippen molar-refractivity contribution in [3.05, 3.63) is 22.9 Å². The van der Waals surface area contributed by atoms with Crippen LogP contribution in [0.5, 0.6) is 0 Å². The van der Waals surface area contributed by atoms with Crippen LogP contribution in [0.25, 0.3) is 0 Å². The zero-order chi connectivity index (χ0) is 9.97. The van der Waals surface area contributed by atoms with Crippen molar-refractivity contribution in [1.29, 1.82) is 5.26 Å². The fraction of sp³-hybridized carbons (Fsp3) is 0.455. The number of aromatic nitrogens is 1. The highest BCUT2D eigenvalue weighted by Gasteiger charge is 2.12. The number of rotatable bonds is 0. The Labute approximate surface area is 83.6 Å². The lowest BCUT2D eigenvalue weighted by atomic mass is 10.1. The average molecular weight is 187 g/mol. The molecule has 2 N–H and O–H groups in total. The van der Waals surface area contributed by atoms with Gasteiger partial charge >= 0.3 is 0 Å². The second kappa shape index (κ2) is 3.67. The molecule has 1 aliphatic carbocycles. The third kappa shape index (κ3) is 1.56. The van der Waals surface area contributed by atoms with Crippen molar-refractivity contribution in [2.75, 3.05) is 5.73 Å². The van der Waals surface area contributed by atoms with Crippen molar-refractivity contribution in [3.63, 3.8) is 0 Å². The Morgan fingerprint density at radius 1 is 1.29 bits per heavy atom. The molecular weight excluding hydrogens is 174 g/mol. The van der Waals surface area contributed by atoms with Crippen LogP contribution in [0.15, 0.2) is 6.07 Å². The van der Waals surface area contributed by atoms with Crippen LogP contribution in [-0.4, -0.2) is 4.98 Å². The molecule has 3 nitrogen and oxygen atoms in total. The second-order valence-electron chi connectivity index (χ2n) is 3.70. The van der Waals surface area contributed by atoms with E-state index in [0.29, 0.717) is 11.4 Å². The van der Waals surface area contributed by atoms with Gasteiger partial charge in [-0.25, -0.2) is 4.98 Å². The van der Waals surface area contributed by atoms with Crippen LogP contribution in [0.2, 0.25) is 0 Å². The maximum Gasteiger partial charge on any atom is 0.141 e. The van der Waals surface area contributed by atoms with Gasteiger partial charge < -0.3 is 5.73 Å². The van der Waals surface area contributed by atoms with Crippen LogP contribution in [-0.2, 0) is 12.8 Å². The summed E-state index contributed by atoms with van der Waals surface area (Å²) in [7, 11) is 0. The van der Waals surface area contributed by atoms with Crippen LogP contribution < -0.4 is 5.73 Å². The molecule has 14 heavy (non-hydrogen) atoms. The van der Waals surface area contributed by atoms with Crippen molar-refractivity contribution in [3.8, 4) is 6.07 Å². The summed E-state index contributed by atoms with van der Waals surface area (Å²) < 4.78 is 0. The van der Waals surface area contributed by atoms with Gasteiger partial charge in [0.2, 0.25) is 0 Å². The summed E-state index contributed by atoms with van der Waals surface area (Å²) in [6.45, 7) is 0. The molecule has 0 amide bonds. The van der Waals surface area contributed by atoms with Gasteiger partial charge in [0.1, 0.15) is 11.9 Å². The van der Waals surface area contributed by atoms with Crippen LogP contribution in [0.4, 0.5) is 5.82 Å². The van der Waals surface area contributed by atoms with Crippen molar-refractivity contribution >= 4 is 5.82 Å². The molecule has 2 rings (SSSR count). The molecule has 0 fully saturated rings. The lowest BCUT2D eigenvalue weighted by molar-refractivity contribution is 0.709. The number of nitrogen functional groups attached to an aromatic ring is 1. The Morgan fingerprint density at radius 3 is 2.86 bits per heavy atom. The van der Waals surface area contributed by atoms with Crippen LogP contribution in [0.3, 0.4) is 0 Å². The molecule has 3 heteroatoms. The van der Waals surface area contributed by atoms with Gasteiger partial charge in [-0.3, -0.25) is 0 Å². The SMILES string of the molecule is N#Cc1cc2c(nc1N)CCCCC2. The third-order valence-corrected chi connectivity index (χ3v) is 2.70. The molecule has 1 heterocycles. The molecule has 1 aromatic rings. The molecule has 0 saturated heterocycles. The number of anilines is 1. The molecule has 1 aromatic heterocycles. The van der Waals surface area contributed by atoms with Crippen LogP contribution in [0, 0.1) is 11.3 Å². The van der Waals surface area contributed by atoms with E-state index >= 15 is 0 Å². The number of nitrogens with zero attached hydrogens (tertiary/aromatic N) is 2. The fourth-order valence-corrected chi connectivity index (χ4v) is 1.92. The fourth-order valence-electron chi connectivity index (χ4n) is 1.92. The predicted molar refractivity (Wildman–Crippen MR) is 54.6 cm³/mol. The molecule has 0 bridgehead atoms. The first-order chi connectivity index (χ1) is 6.81. The van der Waals surface area contributed by atoms with Gasteiger partial charge in [0, 0.05) is 5.69 Å². The molecule has 0 spiro atoms. The Bertz CT molecular complexity index is 390. The quantitative estimate of drug-likeness (QED) is 0.630. The Balaban J connectivity index is 2.47. The summed E-state index contributed by atoms with van der Waals surface area (Å²) in [5.74, 6) is 0.383. The minimum Gasteiger partial charge on any atom is -0.383 e. The molecule has 0 radical (unpaired) electrons. The minimum atomic E-state index is 0.383. The van der Waals surface area contributed by atoms with Crippen molar-refractivity contribution in [1.82, 2.24) is 4.98 Å². The number of pyridine rings is 1.